The van der Waals surface area contributed by atoms with E-state index >= 15 is 0 Å². The van der Waals surface area contributed by atoms with Gasteiger partial charge in [-0.2, -0.15) is 0 Å². The molecule has 0 bridgehead atoms. The van der Waals surface area contributed by atoms with Crippen molar-refractivity contribution in [3.05, 3.63) is 35.7 Å². The van der Waals surface area contributed by atoms with Crippen molar-refractivity contribution in [2.24, 2.45) is 0 Å². The van der Waals surface area contributed by atoms with Gasteiger partial charge in [0.15, 0.2) is 5.78 Å². The van der Waals surface area contributed by atoms with Crippen molar-refractivity contribution < 1.29 is 4.79 Å². The third kappa shape index (κ3) is 2.69. The summed E-state index contributed by atoms with van der Waals surface area (Å²) in [5.41, 5.74) is 2.06. The fraction of sp³-hybridized carbons (Fsp3) is 0.385. The Labute approximate surface area is 95.6 Å². The minimum absolute atomic E-state index is 0.270. The van der Waals surface area contributed by atoms with Crippen molar-refractivity contribution in [1.82, 2.24) is 4.98 Å². The van der Waals surface area contributed by atoms with Crippen LogP contribution in [-0.4, -0.2) is 10.8 Å². The summed E-state index contributed by atoms with van der Waals surface area (Å²) in [5, 5.41) is 3.09. The molecule has 1 aliphatic carbocycles. The van der Waals surface area contributed by atoms with E-state index in [1.807, 2.05) is 25.3 Å². The number of nitrogens with one attached hydrogen (secondary N) is 1. The molecular weight excluding hydrogens is 200 g/mol. The zero-order chi connectivity index (χ0) is 11.4. The van der Waals surface area contributed by atoms with Crippen LogP contribution in [0.1, 0.15) is 31.2 Å². The Hall–Kier alpha value is -1.64. The Morgan fingerprint density at radius 3 is 2.94 bits per heavy atom. The first-order valence-electron chi connectivity index (χ1n) is 5.67. The Balaban J connectivity index is 2.05. The van der Waals surface area contributed by atoms with Crippen LogP contribution >= 0.6 is 0 Å². The molecule has 0 radical (unpaired) electrons. The van der Waals surface area contributed by atoms with E-state index in [4.69, 9.17) is 0 Å². The molecular formula is C13H16N2O. The lowest BCUT2D eigenvalue weighted by molar-refractivity contribution is -0.116. The van der Waals surface area contributed by atoms with E-state index in [1.54, 1.807) is 6.20 Å². The van der Waals surface area contributed by atoms with Crippen LogP contribution in [0.4, 0.5) is 5.82 Å². The smallest absolute Gasteiger partial charge is 0.160 e. The topological polar surface area (TPSA) is 42.0 Å². The number of anilines is 1. The van der Waals surface area contributed by atoms with Gasteiger partial charge in [-0.25, -0.2) is 4.98 Å². The molecule has 0 unspecified atom stereocenters. The number of carbonyl (C=O) groups excluding carboxylic acids is 1. The standard InChI is InChI=1S/C13H16N2O/c1-10-6-7-14-13(8-10)15-9-11-4-2-3-5-12(11)16/h6-9H,2-5H2,1H3,(H,14,15). The molecule has 0 aliphatic heterocycles. The lowest BCUT2D eigenvalue weighted by Gasteiger charge is -2.12. The van der Waals surface area contributed by atoms with Crippen LogP contribution in [0.5, 0.6) is 0 Å². The summed E-state index contributed by atoms with van der Waals surface area (Å²) in [6.07, 6.45) is 7.29. The van der Waals surface area contributed by atoms with Gasteiger partial charge >= 0.3 is 0 Å². The Bertz CT molecular complexity index is 424. The van der Waals surface area contributed by atoms with Gasteiger partial charge in [-0.1, -0.05) is 0 Å². The van der Waals surface area contributed by atoms with Crippen molar-refractivity contribution in [2.45, 2.75) is 32.6 Å². The monoisotopic (exact) mass is 216 g/mol. The summed E-state index contributed by atoms with van der Waals surface area (Å²) in [5.74, 6) is 1.07. The number of ketones is 1. The lowest BCUT2D eigenvalue weighted by Crippen LogP contribution is -2.10. The number of aryl methyl sites for hydroxylation is 1. The van der Waals surface area contributed by atoms with E-state index in [1.165, 1.54) is 0 Å². The van der Waals surface area contributed by atoms with E-state index in [9.17, 15) is 4.79 Å². The number of hydrogen-bond acceptors (Lipinski definition) is 3. The number of allylic oxidation sites excluding steroid dienone is 1. The Morgan fingerprint density at radius 2 is 2.19 bits per heavy atom. The van der Waals surface area contributed by atoms with E-state index in [0.717, 1.165) is 36.2 Å². The molecule has 0 atom stereocenters. The van der Waals surface area contributed by atoms with Crippen molar-refractivity contribution in [1.29, 1.82) is 0 Å². The molecule has 1 heterocycles. The molecule has 0 amide bonds. The highest BCUT2D eigenvalue weighted by Crippen LogP contribution is 2.19. The first kappa shape index (κ1) is 10.9. The van der Waals surface area contributed by atoms with Gasteiger partial charge in [0.05, 0.1) is 0 Å². The third-order valence-electron chi connectivity index (χ3n) is 2.77. The van der Waals surface area contributed by atoms with E-state index in [0.29, 0.717) is 6.42 Å². The molecule has 1 fully saturated rings. The van der Waals surface area contributed by atoms with Gasteiger partial charge in [0, 0.05) is 24.4 Å². The maximum Gasteiger partial charge on any atom is 0.160 e. The van der Waals surface area contributed by atoms with Gasteiger partial charge in [0.25, 0.3) is 0 Å². The molecule has 1 aromatic rings. The van der Waals surface area contributed by atoms with E-state index in [2.05, 4.69) is 10.3 Å². The van der Waals surface area contributed by atoms with Crippen LogP contribution in [0.25, 0.3) is 0 Å². The third-order valence-corrected chi connectivity index (χ3v) is 2.77. The summed E-state index contributed by atoms with van der Waals surface area (Å²) in [6, 6.07) is 3.91. The summed E-state index contributed by atoms with van der Waals surface area (Å²) < 4.78 is 0. The van der Waals surface area contributed by atoms with Gasteiger partial charge in [0.2, 0.25) is 0 Å². The minimum atomic E-state index is 0.270. The molecule has 1 aromatic heterocycles. The molecule has 3 nitrogen and oxygen atoms in total. The molecule has 3 heteroatoms. The lowest BCUT2D eigenvalue weighted by atomic mass is 9.94. The van der Waals surface area contributed by atoms with Crippen molar-refractivity contribution in [3.8, 4) is 0 Å². The zero-order valence-electron chi connectivity index (χ0n) is 9.49. The first-order valence-corrected chi connectivity index (χ1v) is 5.67. The number of pyridine rings is 1. The van der Waals surface area contributed by atoms with Crippen LogP contribution in [0, 0.1) is 6.92 Å². The zero-order valence-corrected chi connectivity index (χ0v) is 9.49. The minimum Gasteiger partial charge on any atom is -0.346 e. The predicted octanol–water partition coefficient (Wildman–Crippen LogP) is 2.83. The average molecular weight is 216 g/mol. The number of hydrogen-bond donors (Lipinski definition) is 1. The Kier molecular flexibility index (Phi) is 3.34. The highest BCUT2D eigenvalue weighted by molar-refractivity contribution is 5.96. The quantitative estimate of drug-likeness (QED) is 0.773. The molecule has 2 rings (SSSR count). The summed E-state index contributed by atoms with van der Waals surface area (Å²) in [6.45, 7) is 2.02. The average Bonchev–Trinajstić information content (AvgIpc) is 2.28. The second-order valence-electron chi connectivity index (χ2n) is 4.16. The van der Waals surface area contributed by atoms with Gasteiger partial charge in [0.1, 0.15) is 5.82 Å². The SMILES string of the molecule is Cc1ccnc(NC=C2CCCCC2=O)c1. The molecule has 0 saturated heterocycles. The maximum absolute atomic E-state index is 11.6. The summed E-state index contributed by atoms with van der Waals surface area (Å²) in [7, 11) is 0. The van der Waals surface area contributed by atoms with Crippen LogP contribution in [0.15, 0.2) is 30.1 Å². The van der Waals surface area contributed by atoms with Crippen molar-refractivity contribution in [2.75, 3.05) is 5.32 Å². The highest BCUT2D eigenvalue weighted by Gasteiger charge is 2.14. The predicted molar refractivity (Wildman–Crippen MR) is 64.2 cm³/mol. The van der Waals surface area contributed by atoms with Crippen LogP contribution in [0.3, 0.4) is 0 Å². The van der Waals surface area contributed by atoms with Crippen LogP contribution < -0.4 is 5.32 Å². The summed E-state index contributed by atoms with van der Waals surface area (Å²) >= 11 is 0. The fourth-order valence-corrected chi connectivity index (χ4v) is 1.83. The van der Waals surface area contributed by atoms with Crippen molar-refractivity contribution >= 4 is 11.6 Å². The van der Waals surface area contributed by atoms with Gasteiger partial charge < -0.3 is 5.32 Å². The number of Topliss-reactive ketones (excluding diaryl/α,β-unsaturated/α-hetero) is 1. The molecule has 1 aliphatic rings. The number of rotatable bonds is 2. The first-order chi connectivity index (χ1) is 7.75. The Morgan fingerprint density at radius 1 is 1.38 bits per heavy atom. The molecule has 16 heavy (non-hydrogen) atoms. The highest BCUT2D eigenvalue weighted by atomic mass is 16.1. The van der Waals surface area contributed by atoms with Gasteiger partial charge in [-0.3, -0.25) is 4.79 Å². The van der Waals surface area contributed by atoms with Crippen molar-refractivity contribution in [3.63, 3.8) is 0 Å². The van der Waals surface area contributed by atoms with Crippen LogP contribution in [-0.2, 0) is 4.79 Å². The number of nitrogens with zero attached hydrogens (tertiary/aromatic N) is 1. The normalized spacial score (nSPS) is 18.8. The molecule has 1 saturated carbocycles. The van der Waals surface area contributed by atoms with E-state index < -0.39 is 0 Å². The second-order valence-corrected chi connectivity index (χ2v) is 4.16. The molecule has 84 valence electrons. The largest absolute Gasteiger partial charge is 0.346 e. The number of aromatic nitrogens is 1. The summed E-state index contributed by atoms with van der Waals surface area (Å²) in [4.78, 5) is 15.7. The molecule has 1 N–H and O–H groups in total. The van der Waals surface area contributed by atoms with E-state index in [-0.39, 0.29) is 5.78 Å². The maximum atomic E-state index is 11.6. The second kappa shape index (κ2) is 4.92. The molecule has 0 aromatic carbocycles. The van der Waals surface area contributed by atoms with Gasteiger partial charge in [-0.05, 0) is 43.9 Å². The molecule has 0 spiro atoms. The number of carbonyl (C=O) groups is 1. The van der Waals surface area contributed by atoms with Crippen LogP contribution in [0.2, 0.25) is 0 Å². The van der Waals surface area contributed by atoms with Gasteiger partial charge in [-0.15, -0.1) is 0 Å². The fourth-order valence-electron chi connectivity index (χ4n) is 1.83.